The Morgan fingerprint density at radius 3 is 2.36 bits per heavy atom. The molecule has 0 saturated heterocycles. The molecular weight excluding hydrogens is 446 g/mol. The fraction of sp³-hybridized carbons (Fsp3) is 0.375. The molecule has 8 nitrogen and oxygen atoms in total. The number of benzene rings is 1. The molecular formula is C24H28ClN3O5. The van der Waals surface area contributed by atoms with Gasteiger partial charge in [0.1, 0.15) is 10.7 Å². The number of Topliss-reactive ketones (excluding diaryl/α,β-unsaturated/α-hetero) is 1. The molecule has 3 aromatic rings. The van der Waals surface area contributed by atoms with E-state index in [4.69, 9.17) is 25.8 Å². The molecule has 3 rings (SSSR count). The number of methoxy groups -OCH3 is 2. The summed E-state index contributed by atoms with van der Waals surface area (Å²) in [7, 11) is 4.84. The molecule has 0 atom stereocenters. The summed E-state index contributed by atoms with van der Waals surface area (Å²) in [5.41, 5.74) is 4.02. The van der Waals surface area contributed by atoms with Gasteiger partial charge in [-0.05, 0) is 51.0 Å². The van der Waals surface area contributed by atoms with Crippen molar-refractivity contribution >= 4 is 23.4 Å². The van der Waals surface area contributed by atoms with E-state index in [-0.39, 0.29) is 23.1 Å². The van der Waals surface area contributed by atoms with Crippen LogP contribution in [0.5, 0.6) is 11.5 Å². The van der Waals surface area contributed by atoms with Crippen molar-refractivity contribution < 1.29 is 23.8 Å². The quantitative estimate of drug-likeness (QED) is 0.343. The molecule has 0 amide bonds. The fourth-order valence-corrected chi connectivity index (χ4v) is 4.10. The van der Waals surface area contributed by atoms with Crippen LogP contribution in [0.1, 0.15) is 43.4 Å². The lowest BCUT2D eigenvalue weighted by atomic mass is 10.1. The van der Waals surface area contributed by atoms with Crippen molar-refractivity contribution in [2.24, 2.45) is 7.05 Å². The number of nitrogens with zero attached hydrogens (tertiary/aromatic N) is 3. The number of aryl methyl sites for hydroxylation is 4. The van der Waals surface area contributed by atoms with Crippen LogP contribution in [0.2, 0.25) is 5.15 Å². The number of carbonyl (C=O) groups is 2. The highest BCUT2D eigenvalue weighted by atomic mass is 35.5. The first kappa shape index (κ1) is 24.4. The zero-order valence-corrected chi connectivity index (χ0v) is 20.4. The first-order chi connectivity index (χ1) is 15.7. The van der Waals surface area contributed by atoms with Crippen molar-refractivity contribution in [3.63, 3.8) is 0 Å². The van der Waals surface area contributed by atoms with Gasteiger partial charge in [0.15, 0.2) is 18.1 Å². The van der Waals surface area contributed by atoms with Crippen LogP contribution in [0.4, 0.5) is 0 Å². The van der Waals surface area contributed by atoms with Crippen LogP contribution in [-0.2, 0) is 24.8 Å². The third-order valence-corrected chi connectivity index (χ3v) is 6.07. The number of aromatic nitrogens is 3. The lowest BCUT2D eigenvalue weighted by Gasteiger charge is -2.12. The zero-order chi connectivity index (χ0) is 24.3. The van der Waals surface area contributed by atoms with Crippen LogP contribution >= 0.6 is 11.6 Å². The summed E-state index contributed by atoms with van der Waals surface area (Å²) in [4.78, 5) is 25.2. The van der Waals surface area contributed by atoms with Gasteiger partial charge in [-0.25, -0.2) is 4.79 Å². The van der Waals surface area contributed by atoms with Gasteiger partial charge in [0.25, 0.3) is 0 Å². The molecule has 0 saturated carbocycles. The molecule has 0 aliphatic heterocycles. The monoisotopic (exact) mass is 473 g/mol. The van der Waals surface area contributed by atoms with Crippen LogP contribution in [0.25, 0.3) is 0 Å². The fourth-order valence-electron chi connectivity index (χ4n) is 3.85. The highest BCUT2D eigenvalue weighted by molar-refractivity contribution is 6.32. The average Bonchev–Trinajstić information content (AvgIpc) is 3.23. The SMILES string of the molecule is COc1ccc(CCn2c(C)cc(C(=O)COC(=O)c3c(C)nn(C)c3Cl)c2C)cc1OC. The van der Waals surface area contributed by atoms with E-state index in [1.165, 1.54) is 4.68 Å². The summed E-state index contributed by atoms with van der Waals surface area (Å²) in [5, 5.41) is 4.27. The third-order valence-electron chi connectivity index (χ3n) is 5.64. The minimum Gasteiger partial charge on any atom is -0.493 e. The number of hydrogen-bond acceptors (Lipinski definition) is 6. The molecule has 2 aromatic heterocycles. The second-order valence-corrected chi connectivity index (χ2v) is 8.11. The van der Waals surface area contributed by atoms with Crippen molar-refractivity contribution in [3.8, 4) is 11.5 Å². The first-order valence-corrected chi connectivity index (χ1v) is 10.8. The number of halogens is 1. The van der Waals surface area contributed by atoms with Crippen molar-refractivity contribution in [3.05, 3.63) is 63.2 Å². The summed E-state index contributed by atoms with van der Waals surface area (Å²) in [6.45, 7) is 5.81. The molecule has 2 heterocycles. The highest BCUT2D eigenvalue weighted by Crippen LogP contribution is 2.28. The van der Waals surface area contributed by atoms with Gasteiger partial charge in [0.2, 0.25) is 5.78 Å². The van der Waals surface area contributed by atoms with Gasteiger partial charge in [-0.2, -0.15) is 5.10 Å². The van der Waals surface area contributed by atoms with E-state index in [1.54, 1.807) is 28.2 Å². The number of hydrogen-bond donors (Lipinski definition) is 0. The van der Waals surface area contributed by atoms with Gasteiger partial charge >= 0.3 is 5.97 Å². The summed E-state index contributed by atoms with van der Waals surface area (Å²) >= 11 is 6.11. The predicted molar refractivity (Wildman–Crippen MR) is 125 cm³/mol. The normalized spacial score (nSPS) is 10.9. The van der Waals surface area contributed by atoms with E-state index in [1.807, 2.05) is 38.1 Å². The highest BCUT2D eigenvalue weighted by Gasteiger charge is 2.23. The molecule has 1 aromatic carbocycles. The standard InChI is InChI=1S/C24H28ClN3O5/c1-14-11-18(19(29)13-33-24(30)22-15(2)26-27(4)23(22)25)16(3)28(14)10-9-17-7-8-20(31-5)21(12-17)32-6/h7-8,11-12H,9-10,13H2,1-6H3. The van der Waals surface area contributed by atoms with Gasteiger partial charge in [0.05, 0.1) is 19.9 Å². The minimum absolute atomic E-state index is 0.173. The Labute approximate surface area is 198 Å². The number of esters is 1. The molecule has 0 unspecified atom stereocenters. The smallest absolute Gasteiger partial charge is 0.343 e. The molecule has 0 radical (unpaired) electrons. The van der Waals surface area contributed by atoms with E-state index in [0.717, 1.165) is 23.4 Å². The van der Waals surface area contributed by atoms with Crippen molar-refractivity contribution in [2.75, 3.05) is 20.8 Å². The largest absolute Gasteiger partial charge is 0.493 e. The molecule has 0 aliphatic carbocycles. The summed E-state index contributed by atoms with van der Waals surface area (Å²) in [6.07, 6.45) is 0.748. The Morgan fingerprint density at radius 2 is 1.76 bits per heavy atom. The molecule has 0 N–H and O–H groups in total. The molecule has 0 aliphatic rings. The Hall–Kier alpha value is -3.26. The molecule has 0 spiro atoms. The third kappa shape index (κ3) is 5.06. The Balaban J connectivity index is 1.68. The molecule has 176 valence electrons. The summed E-state index contributed by atoms with van der Waals surface area (Å²) in [5.74, 6) is 0.421. The van der Waals surface area contributed by atoms with E-state index in [2.05, 4.69) is 9.67 Å². The van der Waals surface area contributed by atoms with E-state index in [9.17, 15) is 9.59 Å². The summed E-state index contributed by atoms with van der Waals surface area (Å²) < 4.78 is 19.4. The van der Waals surface area contributed by atoms with Crippen molar-refractivity contribution in [2.45, 2.75) is 33.7 Å². The number of carbonyl (C=O) groups excluding carboxylic acids is 2. The van der Waals surface area contributed by atoms with E-state index >= 15 is 0 Å². The second-order valence-electron chi connectivity index (χ2n) is 7.75. The van der Waals surface area contributed by atoms with Crippen LogP contribution in [0, 0.1) is 20.8 Å². The van der Waals surface area contributed by atoms with Crippen LogP contribution in [0.15, 0.2) is 24.3 Å². The lowest BCUT2D eigenvalue weighted by Crippen LogP contribution is -2.16. The second kappa shape index (κ2) is 10.1. The van der Waals surface area contributed by atoms with Crippen LogP contribution in [-0.4, -0.2) is 46.9 Å². The molecule has 33 heavy (non-hydrogen) atoms. The molecule has 0 bridgehead atoms. The van der Waals surface area contributed by atoms with E-state index in [0.29, 0.717) is 29.3 Å². The minimum atomic E-state index is -0.666. The molecule has 9 heteroatoms. The van der Waals surface area contributed by atoms with Gasteiger partial charge in [-0.15, -0.1) is 0 Å². The number of rotatable bonds is 9. The van der Waals surface area contributed by atoms with Gasteiger partial charge < -0.3 is 18.8 Å². The average molecular weight is 474 g/mol. The van der Waals surface area contributed by atoms with E-state index < -0.39 is 5.97 Å². The number of ketones is 1. The number of ether oxygens (including phenoxy) is 3. The topological polar surface area (TPSA) is 84.6 Å². The predicted octanol–water partition coefficient (Wildman–Crippen LogP) is 4.10. The Morgan fingerprint density at radius 1 is 1.06 bits per heavy atom. The van der Waals surface area contributed by atoms with Crippen LogP contribution in [0.3, 0.4) is 0 Å². The first-order valence-electron chi connectivity index (χ1n) is 10.4. The van der Waals surface area contributed by atoms with Crippen LogP contribution < -0.4 is 9.47 Å². The van der Waals surface area contributed by atoms with Gasteiger partial charge in [0, 0.05) is 30.5 Å². The van der Waals surface area contributed by atoms with Crippen molar-refractivity contribution in [1.29, 1.82) is 0 Å². The van der Waals surface area contributed by atoms with Gasteiger partial charge in [-0.3, -0.25) is 9.48 Å². The van der Waals surface area contributed by atoms with Gasteiger partial charge in [-0.1, -0.05) is 17.7 Å². The Kier molecular flexibility index (Phi) is 7.48. The molecule has 0 fully saturated rings. The zero-order valence-electron chi connectivity index (χ0n) is 19.7. The summed E-state index contributed by atoms with van der Waals surface area (Å²) in [6, 6.07) is 7.64. The van der Waals surface area contributed by atoms with Crippen molar-refractivity contribution in [1.82, 2.24) is 14.3 Å². The Bertz CT molecular complexity index is 1200. The maximum Gasteiger partial charge on any atom is 0.343 e. The lowest BCUT2D eigenvalue weighted by molar-refractivity contribution is 0.0474. The maximum atomic E-state index is 12.8. The maximum absolute atomic E-state index is 12.8.